The molecule has 0 saturated heterocycles. The summed E-state index contributed by atoms with van der Waals surface area (Å²) in [6.07, 6.45) is 0. The molecule has 1 aliphatic rings. The van der Waals surface area contributed by atoms with Gasteiger partial charge in [0.1, 0.15) is 18.2 Å². The van der Waals surface area contributed by atoms with Gasteiger partial charge in [-0.1, -0.05) is 18.2 Å². The zero-order valence-electron chi connectivity index (χ0n) is 10.1. The predicted octanol–water partition coefficient (Wildman–Crippen LogP) is 3.68. The fourth-order valence-corrected chi connectivity index (χ4v) is 2.16. The summed E-state index contributed by atoms with van der Waals surface area (Å²) in [6, 6.07) is 12.7. The molecule has 1 aliphatic heterocycles. The predicted molar refractivity (Wildman–Crippen MR) is 69.4 cm³/mol. The Morgan fingerprint density at radius 2 is 1.94 bits per heavy atom. The van der Waals surface area contributed by atoms with Crippen molar-refractivity contribution in [3.63, 3.8) is 0 Å². The highest BCUT2D eigenvalue weighted by atomic mass is 19.1. The molecule has 2 aromatic rings. The maximum Gasteiger partial charge on any atom is 0.142 e. The molecule has 1 heterocycles. The van der Waals surface area contributed by atoms with E-state index < -0.39 is 0 Å². The summed E-state index contributed by atoms with van der Waals surface area (Å²) >= 11 is 0. The van der Waals surface area contributed by atoms with Crippen LogP contribution in [-0.2, 0) is 0 Å². The van der Waals surface area contributed by atoms with Crippen LogP contribution in [0.4, 0.5) is 10.1 Å². The molecule has 3 heteroatoms. The van der Waals surface area contributed by atoms with Crippen LogP contribution in [0.15, 0.2) is 42.5 Å². The Bertz CT molecular complexity index is 565. The summed E-state index contributed by atoms with van der Waals surface area (Å²) in [5, 5.41) is 3.43. The van der Waals surface area contributed by atoms with Gasteiger partial charge in [-0.05, 0) is 42.3 Å². The summed E-state index contributed by atoms with van der Waals surface area (Å²) in [5.74, 6) is 0.658. The normalized spacial score (nSPS) is 17.6. The minimum atomic E-state index is -0.216. The first-order chi connectivity index (χ1) is 8.72. The van der Waals surface area contributed by atoms with Gasteiger partial charge < -0.3 is 10.1 Å². The zero-order valence-corrected chi connectivity index (χ0v) is 10.1. The van der Waals surface area contributed by atoms with E-state index in [0.717, 1.165) is 17.0 Å². The Labute approximate surface area is 105 Å². The fraction of sp³-hybridized carbons (Fsp3) is 0.200. The van der Waals surface area contributed by atoms with Crippen LogP contribution in [-0.4, -0.2) is 6.61 Å². The first-order valence-electron chi connectivity index (χ1n) is 5.98. The van der Waals surface area contributed by atoms with Gasteiger partial charge in [-0.2, -0.15) is 0 Å². The van der Waals surface area contributed by atoms with Crippen LogP contribution in [0.5, 0.6) is 5.75 Å². The topological polar surface area (TPSA) is 21.3 Å². The summed E-state index contributed by atoms with van der Waals surface area (Å²) in [6.45, 7) is 2.60. The molecule has 0 spiro atoms. The fourth-order valence-electron chi connectivity index (χ4n) is 2.16. The Balaban J connectivity index is 1.88. The van der Waals surface area contributed by atoms with Crippen molar-refractivity contribution >= 4 is 5.69 Å². The van der Waals surface area contributed by atoms with Crippen molar-refractivity contribution in [2.24, 2.45) is 0 Å². The van der Waals surface area contributed by atoms with Crippen molar-refractivity contribution in [2.45, 2.75) is 13.0 Å². The van der Waals surface area contributed by atoms with E-state index in [0.29, 0.717) is 6.61 Å². The molecule has 1 atom stereocenters. The van der Waals surface area contributed by atoms with E-state index in [2.05, 4.69) is 11.4 Å². The van der Waals surface area contributed by atoms with Crippen LogP contribution >= 0.6 is 0 Å². The summed E-state index contributed by atoms with van der Waals surface area (Å²) in [7, 11) is 0. The lowest BCUT2D eigenvalue weighted by molar-refractivity contribution is 0.286. The van der Waals surface area contributed by atoms with E-state index in [4.69, 9.17) is 4.74 Å². The number of nitrogens with one attached hydrogen (secondary N) is 1. The van der Waals surface area contributed by atoms with E-state index >= 15 is 0 Å². The molecule has 0 aromatic heterocycles. The highest BCUT2D eigenvalue weighted by molar-refractivity contribution is 5.60. The average molecular weight is 243 g/mol. The van der Waals surface area contributed by atoms with Gasteiger partial charge in [0.15, 0.2) is 0 Å². The standard InChI is InChI=1S/C15H14FNO/c1-10-2-7-15-13(8-10)17-14(9-18-15)11-3-5-12(16)6-4-11/h2-8,14,17H,9H2,1H3. The largest absolute Gasteiger partial charge is 0.489 e. The van der Waals surface area contributed by atoms with Crippen LogP contribution in [0.1, 0.15) is 17.2 Å². The molecule has 92 valence electrons. The highest BCUT2D eigenvalue weighted by Gasteiger charge is 2.20. The minimum absolute atomic E-state index is 0.0694. The molecule has 1 N–H and O–H groups in total. The Hall–Kier alpha value is -2.03. The number of fused-ring (bicyclic) bond motifs is 1. The molecular formula is C15H14FNO. The second kappa shape index (κ2) is 4.33. The van der Waals surface area contributed by atoms with Gasteiger partial charge in [-0.3, -0.25) is 0 Å². The number of anilines is 1. The molecule has 0 aliphatic carbocycles. The molecule has 2 nitrogen and oxygen atoms in total. The van der Waals surface area contributed by atoms with Crippen LogP contribution in [0.3, 0.4) is 0 Å². The van der Waals surface area contributed by atoms with Crippen LogP contribution in [0.2, 0.25) is 0 Å². The SMILES string of the molecule is Cc1ccc2c(c1)NC(c1ccc(F)cc1)CO2. The summed E-state index contributed by atoms with van der Waals surface area (Å²) in [4.78, 5) is 0. The molecule has 0 fully saturated rings. The van der Waals surface area contributed by atoms with E-state index in [1.165, 1.54) is 17.7 Å². The number of ether oxygens (including phenoxy) is 1. The molecule has 0 bridgehead atoms. The third-order valence-electron chi connectivity index (χ3n) is 3.14. The van der Waals surface area contributed by atoms with Crippen molar-refractivity contribution in [1.29, 1.82) is 0 Å². The summed E-state index contributed by atoms with van der Waals surface area (Å²) in [5.41, 5.74) is 3.21. The number of aryl methyl sites for hydroxylation is 1. The quantitative estimate of drug-likeness (QED) is 0.825. The Morgan fingerprint density at radius 3 is 2.72 bits per heavy atom. The molecule has 0 saturated carbocycles. The van der Waals surface area contributed by atoms with Gasteiger partial charge in [0.05, 0.1) is 11.7 Å². The van der Waals surface area contributed by atoms with Gasteiger partial charge >= 0.3 is 0 Å². The number of hydrogen-bond donors (Lipinski definition) is 1. The van der Waals surface area contributed by atoms with E-state index in [-0.39, 0.29) is 11.9 Å². The Morgan fingerprint density at radius 1 is 1.17 bits per heavy atom. The molecule has 3 rings (SSSR count). The molecule has 18 heavy (non-hydrogen) atoms. The maximum atomic E-state index is 12.9. The lowest BCUT2D eigenvalue weighted by atomic mass is 10.1. The number of halogens is 1. The third-order valence-corrected chi connectivity index (χ3v) is 3.14. The lowest BCUT2D eigenvalue weighted by Crippen LogP contribution is -2.23. The third kappa shape index (κ3) is 2.04. The average Bonchev–Trinajstić information content (AvgIpc) is 2.38. The number of rotatable bonds is 1. The van der Waals surface area contributed by atoms with Crippen LogP contribution in [0.25, 0.3) is 0 Å². The lowest BCUT2D eigenvalue weighted by Gasteiger charge is -2.28. The number of benzene rings is 2. The van der Waals surface area contributed by atoms with Gasteiger partial charge in [0.25, 0.3) is 0 Å². The van der Waals surface area contributed by atoms with E-state index in [1.807, 2.05) is 19.1 Å². The highest BCUT2D eigenvalue weighted by Crippen LogP contribution is 2.34. The first kappa shape index (κ1) is 11.1. The molecular weight excluding hydrogens is 229 g/mol. The molecule has 0 amide bonds. The van der Waals surface area contributed by atoms with Crippen molar-refractivity contribution < 1.29 is 9.13 Å². The minimum Gasteiger partial charge on any atom is -0.489 e. The van der Waals surface area contributed by atoms with Gasteiger partial charge in [-0.15, -0.1) is 0 Å². The van der Waals surface area contributed by atoms with Crippen LogP contribution in [0, 0.1) is 12.7 Å². The maximum absolute atomic E-state index is 12.9. The second-order valence-electron chi connectivity index (χ2n) is 4.56. The van der Waals surface area contributed by atoms with Crippen molar-refractivity contribution in [2.75, 3.05) is 11.9 Å². The van der Waals surface area contributed by atoms with Crippen molar-refractivity contribution in [3.8, 4) is 5.75 Å². The van der Waals surface area contributed by atoms with Gasteiger partial charge in [-0.25, -0.2) is 4.39 Å². The van der Waals surface area contributed by atoms with Gasteiger partial charge in [0, 0.05) is 0 Å². The van der Waals surface area contributed by atoms with Crippen LogP contribution < -0.4 is 10.1 Å². The molecule has 1 unspecified atom stereocenters. The van der Waals surface area contributed by atoms with E-state index in [1.54, 1.807) is 12.1 Å². The molecule has 2 aromatic carbocycles. The zero-order chi connectivity index (χ0) is 12.5. The molecule has 0 radical (unpaired) electrons. The Kier molecular flexibility index (Phi) is 2.67. The van der Waals surface area contributed by atoms with E-state index in [9.17, 15) is 4.39 Å². The van der Waals surface area contributed by atoms with Gasteiger partial charge in [0.2, 0.25) is 0 Å². The van der Waals surface area contributed by atoms with Crippen molar-refractivity contribution in [1.82, 2.24) is 0 Å². The first-order valence-corrected chi connectivity index (χ1v) is 5.98. The smallest absolute Gasteiger partial charge is 0.142 e. The summed E-state index contributed by atoms with van der Waals surface area (Å²) < 4.78 is 18.6. The number of hydrogen-bond acceptors (Lipinski definition) is 2. The van der Waals surface area contributed by atoms with Crippen molar-refractivity contribution in [3.05, 3.63) is 59.4 Å². The monoisotopic (exact) mass is 243 g/mol. The second-order valence-corrected chi connectivity index (χ2v) is 4.56.